The predicted molar refractivity (Wildman–Crippen MR) is 90.2 cm³/mol. The first-order valence-corrected chi connectivity index (χ1v) is 7.46. The Morgan fingerprint density at radius 2 is 1.88 bits per heavy atom. The van der Waals surface area contributed by atoms with Crippen LogP contribution in [-0.2, 0) is 0 Å². The molecule has 0 atom stereocenters. The highest BCUT2D eigenvalue weighted by atomic mass is 19.1. The number of aromatic amines is 2. The van der Waals surface area contributed by atoms with Crippen LogP contribution in [-0.4, -0.2) is 24.7 Å². The number of rotatable bonds is 2. The summed E-state index contributed by atoms with van der Waals surface area (Å²) in [5.74, 6) is -0.323. The molecule has 124 valence electrons. The summed E-state index contributed by atoms with van der Waals surface area (Å²) >= 11 is 0. The minimum absolute atomic E-state index is 0.157. The van der Waals surface area contributed by atoms with Crippen LogP contribution in [0.2, 0.25) is 0 Å². The zero-order valence-corrected chi connectivity index (χ0v) is 13.1. The van der Waals surface area contributed by atoms with Crippen molar-refractivity contribution in [3.63, 3.8) is 0 Å². The number of nitrogens with zero attached hydrogens (tertiary/aromatic N) is 3. The third-order valence-corrected chi connectivity index (χ3v) is 3.87. The van der Waals surface area contributed by atoms with E-state index in [1.54, 1.807) is 42.2 Å². The number of pyridine rings is 1. The molecule has 2 N–H and O–H groups in total. The molecule has 25 heavy (non-hydrogen) atoms. The molecule has 4 aromatic rings. The van der Waals surface area contributed by atoms with E-state index in [-0.39, 0.29) is 11.3 Å². The van der Waals surface area contributed by atoms with Crippen LogP contribution < -0.4 is 11.2 Å². The lowest BCUT2D eigenvalue weighted by Gasteiger charge is -2.04. The molecule has 0 fully saturated rings. The topological polar surface area (TPSA) is 96.4 Å². The van der Waals surface area contributed by atoms with Gasteiger partial charge >= 0.3 is 5.69 Å². The van der Waals surface area contributed by atoms with Crippen LogP contribution in [0.5, 0.6) is 0 Å². The van der Waals surface area contributed by atoms with Crippen molar-refractivity contribution in [3.8, 4) is 16.9 Å². The Labute approximate surface area is 139 Å². The van der Waals surface area contributed by atoms with Gasteiger partial charge in [-0.05, 0) is 42.8 Å². The summed E-state index contributed by atoms with van der Waals surface area (Å²) in [7, 11) is 0. The first kappa shape index (κ1) is 15.0. The number of nitrogens with one attached hydrogen (secondary N) is 2. The van der Waals surface area contributed by atoms with Crippen LogP contribution in [0.1, 0.15) is 5.56 Å². The normalized spacial score (nSPS) is 11.1. The zero-order valence-electron chi connectivity index (χ0n) is 13.1. The molecule has 4 rings (SSSR count). The summed E-state index contributed by atoms with van der Waals surface area (Å²) in [6.07, 6.45) is 3.34. The number of aryl methyl sites for hydroxylation is 1. The molecule has 0 saturated carbocycles. The predicted octanol–water partition coefficient (Wildman–Crippen LogP) is 1.91. The molecular formula is C17H12FN5O2. The highest BCUT2D eigenvalue weighted by molar-refractivity contribution is 5.80. The highest BCUT2D eigenvalue weighted by Crippen LogP contribution is 2.22. The molecule has 0 amide bonds. The minimum atomic E-state index is -0.570. The van der Waals surface area contributed by atoms with Crippen molar-refractivity contribution in [2.45, 2.75) is 6.92 Å². The monoisotopic (exact) mass is 337 g/mol. The molecule has 0 radical (unpaired) electrons. The van der Waals surface area contributed by atoms with Gasteiger partial charge in [0.1, 0.15) is 5.82 Å². The Morgan fingerprint density at radius 1 is 1.12 bits per heavy atom. The first-order chi connectivity index (χ1) is 12.0. The Bertz CT molecular complexity index is 1200. The standard InChI is InChI=1S/C17H12FN5O2/c1-9-6-13(20-15-14(9)21-17(25)22-16(15)24)10-7-19-23(8-10)12-4-2-11(18)3-5-12/h2-8H,1H3,(H2,21,22,24,25). The molecule has 0 saturated heterocycles. The fourth-order valence-electron chi connectivity index (χ4n) is 2.64. The average Bonchev–Trinajstić information content (AvgIpc) is 3.06. The summed E-state index contributed by atoms with van der Waals surface area (Å²) in [4.78, 5) is 32.5. The van der Waals surface area contributed by atoms with Crippen molar-refractivity contribution >= 4 is 11.0 Å². The lowest BCUT2D eigenvalue weighted by atomic mass is 10.1. The van der Waals surface area contributed by atoms with Gasteiger partial charge in [-0.1, -0.05) is 0 Å². The Kier molecular flexibility index (Phi) is 3.31. The third kappa shape index (κ3) is 2.63. The molecule has 0 aliphatic heterocycles. The van der Waals surface area contributed by atoms with Crippen molar-refractivity contribution in [2.24, 2.45) is 0 Å². The largest absolute Gasteiger partial charge is 0.326 e. The smallest absolute Gasteiger partial charge is 0.305 e. The number of benzene rings is 1. The van der Waals surface area contributed by atoms with Crippen molar-refractivity contribution in [2.75, 3.05) is 0 Å². The summed E-state index contributed by atoms with van der Waals surface area (Å²) in [6, 6.07) is 7.70. The van der Waals surface area contributed by atoms with Crippen LogP contribution in [0.25, 0.3) is 28.0 Å². The number of hydrogen-bond donors (Lipinski definition) is 2. The summed E-state index contributed by atoms with van der Waals surface area (Å²) in [6.45, 7) is 1.79. The van der Waals surface area contributed by atoms with Gasteiger partial charge in [-0.2, -0.15) is 5.10 Å². The third-order valence-electron chi connectivity index (χ3n) is 3.87. The summed E-state index contributed by atoms with van der Waals surface area (Å²) < 4.78 is 14.6. The molecule has 3 heterocycles. The van der Waals surface area contributed by atoms with Gasteiger partial charge in [0, 0.05) is 11.8 Å². The van der Waals surface area contributed by atoms with Gasteiger partial charge in [0.2, 0.25) is 0 Å². The van der Waals surface area contributed by atoms with Crippen LogP contribution in [0.4, 0.5) is 4.39 Å². The van der Waals surface area contributed by atoms with E-state index in [1.165, 1.54) is 12.1 Å². The van der Waals surface area contributed by atoms with E-state index in [1.807, 2.05) is 0 Å². The van der Waals surface area contributed by atoms with E-state index in [0.717, 1.165) is 5.56 Å². The Balaban J connectivity index is 1.84. The first-order valence-electron chi connectivity index (χ1n) is 7.46. The van der Waals surface area contributed by atoms with Crippen LogP contribution in [0.3, 0.4) is 0 Å². The summed E-state index contributed by atoms with van der Waals surface area (Å²) in [5.41, 5.74) is 2.11. The SMILES string of the molecule is Cc1cc(-c2cnn(-c3ccc(F)cc3)c2)nc2c(=O)[nH]c(=O)[nH]c12. The van der Waals surface area contributed by atoms with E-state index in [2.05, 4.69) is 20.1 Å². The fraction of sp³-hybridized carbons (Fsp3) is 0.0588. The van der Waals surface area contributed by atoms with Crippen molar-refractivity contribution in [1.29, 1.82) is 0 Å². The molecule has 0 bridgehead atoms. The molecule has 1 aromatic carbocycles. The maximum atomic E-state index is 13.0. The van der Waals surface area contributed by atoms with Crippen molar-refractivity contribution < 1.29 is 4.39 Å². The molecule has 0 spiro atoms. The van der Waals surface area contributed by atoms with Crippen LogP contribution >= 0.6 is 0 Å². The van der Waals surface area contributed by atoms with E-state index in [0.29, 0.717) is 22.5 Å². The molecule has 0 unspecified atom stereocenters. The Hall–Kier alpha value is -3.55. The molecule has 0 aliphatic rings. The van der Waals surface area contributed by atoms with Gasteiger partial charge in [0.25, 0.3) is 5.56 Å². The second-order valence-electron chi connectivity index (χ2n) is 5.61. The van der Waals surface area contributed by atoms with E-state index in [9.17, 15) is 14.0 Å². The lowest BCUT2D eigenvalue weighted by Crippen LogP contribution is -2.23. The summed E-state index contributed by atoms with van der Waals surface area (Å²) in [5, 5.41) is 4.25. The Morgan fingerprint density at radius 3 is 2.64 bits per heavy atom. The zero-order chi connectivity index (χ0) is 17.6. The maximum absolute atomic E-state index is 13.0. The molecule has 0 aliphatic carbocycles. The average molecular weight is 337 g/mol. The highest BCUT2D eigenvalue weighted by Gasteiger charge is 2.11. The number of fused-ring (bicyclic) bond motifs is 1. The number of aromatic nitrogens is 5. The molecule has 8 heteroatoms. The van der Waals surface area contributed by atoms with Gasteiger partial charge in [-0.25, -0.2) is 18.9 Å². The lowest BCUT2D eigenvalue weighted by molar-refractivity contribution is 0.627. The maximum Gasteiger partial charge on any atom is 0.326 e. The quantitative estimate of drug-likeness (QED) is 0.584. The van der Waals surface area contributed by atoms with Crippen molar-refractivity contribution in [3.05, 3.63) is 74.9 Å². The van der Waals surface area contributed by atoms with Gasteiger partial charge < -0.3 is 4.98 Å². The number of H-pyrrole nitrogens is 2. The van der Waals surface area contributed by atoms with Gasteiger partial charge in [0.15, 0.2) is 5.52 Å². The van der Waals surface area contributed by atoms with E-state index >= 15 is 0 Å². The molecule has 7 nitrogen and oxygen atoms in total. The van der Waals surface area contributed by atoms with E-state index < -0.39 is 11.2 Å². The van der Waals surface area contributed by atoms with Gasteiger partial charge in [0.05, 0.1) is 23.1 Å². The molecule has 3 aromatic heterocycles. The minimum Gasteiger partial charge on any atom is -0.305 e. The fourth-order valence-corrected chi connectivity index (χ4v) is 2.64. The van der Waals surface area contributed by atoms with Crippen LogP contribution in [0.15, 0.2) is 52.3 Å². The van der Waals surface area contributed by atoms with Gasteiger partial charge in [-0.3, -0.25) is 9.78 Å². The second-order valence-corrected chi connectivity index (χ2v) is 5.61. The number of hydrogen-bond acceptors (Lipinski definition) is 4. The molecular weight excluding hydrogens is 325 g/mol. The number of halogens is 1. The van der Waals surface area contributed by atoms with E-state index in [4.69, 9.17) is 0 Å². The second kappa shape index (κ2) is 5.52. The van der Waals surface area contributed by atoms with Crippen LogP contribution in [0, 0.1) is 12.7 Å². The van der Waals surface area contributed by atoms with Crippen molar-refractivity contribution in [1.82, 2.24) is 24.7 Å². The van der Waals surface area contributed by atoms with Gasteiger partial charge in [-0.15, -0.1) is 0 Å².